The number of hydrogen-bond acceptors (Lipinski definition) is 4. The summed E-state index contributed by atoms with van der Waals surface area (Å²) in [6.07, 6.45) is -4.60. The molecule has 1 heterocycles. The van der Waals surface area contributed by atoms with Crippen LogP contribution < -0.4 is 4.74 Å². The molecule has 0 saturated carbocycles. The molecule has 0 unspecified atom stereocenters. The van der Waals surface area contributed by atoms with Gasteiger partial charge in [-0.15, -0.1) is 0 Å². The normalized spacial score (nSPS) is 11.3. The van der Waals surface area contributed by atoms with E-state index in [4.69, 9.17) is 16.3 Å². The lowest BCUT2D eigenvalue weighted by Crippen LogP contribution is -2.06. The lowest BCUT2D eigenvalue weighted by Gasteiger charge is -2.12. The highest BCUT2D eigenvalue weighted by atomic mass is 35.5. The van der Waals surface area contributed by atoms with Crippen LogP contribution in [0.3, 0.4) is 0 Å². The molecule has 9 heteroatoms. The van der Waals surface area contributed by atoms with Gasteiger partial charge in [0.15, 0.2) is 7.11 Å². The van der Waals surface area contributed by atoms with Gasteiger partial charge in [-0.25, -0.2) is 9.82 Å². The van der Waals surface area contributed by atoms with Gasteiger partial charge in [-0.1, -0.05) is 11.6 Å². The summed E-state index contributed by atoms with van der Waals surface area (Å²) in [4.78, 5) is 20.5. The molecule has 1 aromatic carbocycles. The Morgan fingerprint density at radius 1 is 1.21 bits per heavy atom. The molecule has 128 valence electrons. The number of benzene rings is 1. The van der Waals surface area contributed by atoms with Crippen LogP contribution in [0.2, 0.25) is 5.02 Å². The van der Waals surface area contributed by atoms with Crippen LogP contribution in [0.15, 0.2) is 24.3 Å². The molecule has 2 aromatic rings. The van der Waals surface area contributed by atoms with Gasteiger partial charge in [0.1, 0.15) is 11.4 Å². The molecule has 0 aliphatic carbocycles. The molecule has 1 aromatic heterocycles. The average molecular weight is 362 g/mol. The summed E-state index contributed by atoms with van der Waals surface area (Å²) >= 11 is 5.57. The Morgan fingerprint density at radius 2 is 1.88 bits per heavy atom. The van der Waals surface area contributed by atoms with Gasteiger partial charge < -0.3 is 4.74 Å². The van der Waals surface area contributed by atoms with Crippen LogP contribution in [0, 0.1) is 18.8 Å². The Kier molecular flexibility index (Phi) is 4.98. The second kappa shape index (κ2) is 6.64. The van der Waals surface area contributed by atoms with E-state index >= 15 is 0 Å². The summed E-state index contributed by atoms with van der Waals surface area (Å²) in [5.41, 5.74) is -0.0679. The Hall–Kier alpha value is -2.35. The minimum atomic E-state index is -4.60. The zero-order valence-electron chi connectivity index (χ0n) is 12.9. The van der Waals surface area contributed by atoms with Gasteiger partial charge in [0.25, 0.3) is 4.92 Å². The zero-order valence-corrected chi connectivity index (χ0v) is 13.7. The van der Waals surface area contributed by atoms with Crippen LogP contribution in [0.1, 0.15) is 16.8 Å². The van der Waals surface area contributed by atoms with Gasteiger partial charge in [-0.05, 0) is 32.0 Å². The lowest BCUT2D eigenvalue weighted by atomic mass is 10.2. The highest BCUT2D eigenvalue weighted by Crippen LogP contribution is 2.38. The van der Waals surface area contributed by atoms with E-state index in [9.17, 15) is 18.1 Å². The Labute approximate surface area is 140 Å². The molecule has 24 heavy (non-hydrogen) atoms. The molecule has 0 N–H and O–H groups in total. The number of aromatic nitrogens is 1. The highest BCUT2D eigenvalue weighted by Gasteiger charge is 2.33. The summed E-state index contributed by atoms with van der Waals surface area (Å²) in [7, 11) is 1.21. The van der Waals surface area contributed by atoms with Crippen LogP contribution >= 0.6 is 11.6 Å². The van der Waals surface area contributed by atoms with Gasteiger partial charge >= 0.3 is 11.9 Å². The van der Waals surface area contributed by atoms with Crippen molar-refractivity contribution in [1.82, 2.24) is 4.98 Å². The topological polar surface area (TPSA) is 51.4 Å². The van der Waals surface area contributed by atoms with Crippen molar-refractivity contribution in [2.24, 2.45) is 0 Å². The minimum Gasteiger partial charge on any atom is -0.439 e. The summed E-state index contributed by atoms with van der Waals surface area (Å²) in [6.45, 7) is 3.16. The molecule has 0 spiro atoms. The molecule has 0 aliphatic heterocycles. The van der Waals surface area contributed by atoms with Crippen molar-refractivity contribution in [1.29, 1.82) is 0 Å². The van der Waals surface area contributed by atoms with E-state index in [2.05, 4.69) is 9.82 Å². The molecular formula is C15H13ClF3N2O3+. The zero-order chi connectivity index (χ0) is 18.1. The number of halogens is 4. The van der Waals surface area contributed by atoms with Crippen molar-refractivity contribution in [3.05, 3.63) is 51.0 Å². The molecule has 2 rings (SSSR count). The molecule has 0 fully saturated rings. The summed E-state index contributed by atoms with van der Waals surface area (Å²) in [5.74, 6) is 0.0106. The van der Waals surface area contributed by atoms with Crippen molar-refractivity contribution in [2.75, 3.05) is 7.11 Å². The number of ether oxygens (including phenoxy) is 1. The molecule has 0 radical (unpaired) electrons. The van der Waals surface area contributed by atoms with E-state index in [0.29, 0.717) is 11.3 Å². The van der Waals surface area contributed by atoms with Gasteiger partial charge in [-0.3, -0.25) is 0 Å². The number of rotatable bonds is 4. The maximum atomic E-state index is 12.9. The molecule has 0 bridgehead atoms. The number of nitrogens with zero attached hydrogens (tertiary/aromatic N) is 2. The fourth-order valence-electron chi connectivity index (χ4n) is 1.95. The Morgan fingerprint density at radius 3 is 2.46 bits per heavy atom. The Balaban J connectivity index is 2.39. The number of aryl methyl sites for hydroxylation is 2. The Bertz CT molecular complexity index is 794. The predicted molar refractivity (Wildman–Crippen MR) is 80.5 cm³/mol. The van der Waals surface area contributed by atoms with Crippen LogP contribution in [0.5, 0.6) is 11.6 Å². The third-order valence-electron chi connectivity index (χ3n) is 3.15. The summed E-state index contributed by atoms with van der Waals surface area (Å²) in [5, 5.41) is -0.423. The molecule has 0 atom stereocenters. The quantitative estimate of drug-likeness (QED) is 0.708. The maximum Gasteiger partial charge on any atom is 0.417 e. The summed E-state index contributed by atoms with van der Waals surface area (Å²) in [6, 6.07) is 4.66. The van der Waals surface area contributed by atoms with Crippen LogP contribution in [-0.4, -0.2) is 17.0 Å². The molecule has 5 nitrogen and oxygen atoms in total. The van der Waals surface area contributed by atoms with E-state index in [-0.39, 0.29) is 22.2 Å². The third-order valence-corrected chi connectivity index (χ3v) is 3.48. The molecule has 0 aliphatic rings. The van der Waals surface area contributed by atoms with Crippen LogP contribution in [0.25, 0.3) is 0 Å². The van der Waals surface area contributed by atoms with Crippen LogP contribution in [0.4, 0.5) is 18.9 Å². The first-order valence-electron chi connectivity index (χ1n) is 6.67. The van der Waals surface area contributed by atoms with Crippen molar-refractivity contribution in [3.8, 4) is 11.6 Å². The second-order valence-corrected chi connectivity index (χ2v) is 5.30. The standard InChI is InChI=1S/C15H13ClF3N2O3/c1-8-6-13(21(22)23-3)9(2)20-14(8)24-10-4-5-12(16)11(7-10)15(17,18)19/h4-7H,1-3H3/q+1. The second-order valence-electron chi connectivity index (χ2n) is 4.90. The number of alkyl halides is 3. The highest BCUT2D eigenvalue weighted by molar-refractivity contribution is 6.31. The van der Waals surface area contributed by atoms with E-state index < -0.39 is 16.8 Å². The van der Waals surface area contributed by atoms with Crippen molar-refractivity contribution in [2.45, 2.75) is 20.0 Å². The molecular weight excluding hydrogens is 349 g/mol. The smallest absolute Gasteiger partial charge is 0.417 e. The van der Waals surface area contributed by atoms with E-state index in [1.807, 2.05) is 0 Å². The SMILES string of the molecule is CO[N+](=O)c1cc(C)c(Oc2ccc(Cl)c(C(F)(F)F)c2)nc1C. The lowest BCUT2D eigenvalue weighted by molar-refractivity contribution is -0.737. The van der Waals surface area contributed by atoms with Crippen molar-refractivity contribution >= 4 is 17.3 Å². The third kappa shape index (κ3) is 3.76. The fourth-order valence-corrected chi connectivity index (χ4v) is 2.18. The summed E-state index contributed by atoms with van der Waals surface area (Å²) < 4.78 is 44.1. The van der Waals surface area contributed by atoms with E-state index in [0.717, 1.165) is 12.1 Å². The van der Waals surface area contributed by atoms with E-state index in [1.54, 1.807) is 13.8 Å². The predicted octanol–water partition coefficient (Wildman–Crippen LogP) is 5.13. The average Bonchev–Trinajstić information content (AvgIpc) is 2.50. The minimum absolute atomic E-state index is 0.0693. The monoisotopic (exact) mass is 361 g/mol. The number of hydrogen-bond donors (Lipinski definition) is 0. The maximum absolute atomic E-state index is 12.9. The first kappa shape index (κ1) is 18.0. The number of pyridine rings is 1. The van der Waals surface area contributed by atoms with Gasteiger partial charge in [-0.2, -0.15) is 13.2 Å². The van der Waals surface area contributed by atoms with Crippen LogP contribution in [-0.2, 0) is 11.0 Å². The van der Waals surface area contributed by atoms with Crippen molar-refractivity contribution < 1.29 is 27.7 Å². The first-order valence-corrected chi connectivity index (χ1v) is 7.05. The van der Waals surface area contributed by atoms with Gasteiger partial charge in [0, 0.05) is 11.6 Å². The first-order chi connectivity index (χ1) is 11.1. The molecule has 0 saturated heterocycles. The largest absolute Gasteiger partial charge is 0.439 e. The molecule has 0 amide bonds. The van der Waals surface area contributed by atoms with Gasteiger partial charge in [0.2, 0.25) is 5.88 Å². The van der Waals surface area contributed by atoms with E-state index in [1.165, 1.54) is 19.2 Å². The van der Waals surface area contributed by atoms with Crippen molar-refractivity contribution in [3.63, 3.8) is 0 Å². The fraction of sp³-hybridized carbons (Fsp3) is 0.267. The van der Waals surface area contributed by atoms with Gasteiger partial charge in [0.05, 0.1) is 15.5 Å².